The minimum absolute atomic E-state index is 0.0332. The standard InChI is InChI=1S/C21H26F3N7O2S/c22-21(23,24)16-7-3-4-8-17(16)25-18(32)13-29-9-11-30(12-10-29)19(33)14-34-20-26-27-28-31(20)15-5-1-2-6-15/h3-4,7-8,15H,1-2,5-6,9-14H2,(H,25,32). The number of nitrogens with one attached hydrogen (secondary N) is 1. The van der Waals surface area contributed by atoms with Crippen molar-refractivity contribution in [1.29, 1.82) is 0 Å². The number of alkyl halides is 3. The van der Waals surface area contributed by atoms with Gasteiger partial charge in [0.05, 0.1) is 29.6 Å². The van der Waals surface area contributed by atoms with Crippen LogP contribution in [0.1, 0.15) is 37.3 Å². The Hall–Kier alpha value is -2.67. The van der Waals surface area contributed by atoms with Crippen LogP contribution in [0.3, 0.4) is 0 Å². The van der Waals surface area contributed by atoms with Crippen molar-refractivity contribution < 1.29 is 22.8 Å². The molecule has 4 rings (SSSR count). The number of piperazine rings is 1. The van der Waals surface area contributed by atoms with Gasteiger partial charge in [-0.2, -0.15) is 13.2 Å². The van der Waals surface area contributed by atoms with Crippen molar-refractivity contribution >= 4 is 29.3 Å². The zero-order chi connectivity index (χ0) is 24.1. The molecule has 1 aromatic heterocycles. The highest BCUT2D eigenvalue weighted by atomic mass is 32.2. The second-order valence-corrected chi connectivity index (χ2v) is 9.32. The first-order valence-electron chi connectivity index (χ1n) is 11.2. The van der Waals surface area contributed by atoms with Gasteiger partial charge in [-0.1, -0.05) is 36.7 Å². The lowest BCUT2D eigenvalue weighted by atomic mass is 10.1. The first-order chi connectivity index (χ1) is 16.3. The molecular weight excluding hydrogens is 471 g/mol. The second-order valence-electron chi connectivity index (χ2n) is 8.38. The van der Waals surface area contributed by atoms with Crippen LogP contribution in [-0.4, -0.2) is 80.3 Å². The summed E-state index contributed by atoms with van der Waals surface area (Å²) in [5.74, 6) is -0.332. The van der Waals surface area contributed by atoms with Crippen molar-refractivity contribution in [3.8, 4) is 0 Å². The van der Waals surface area contributed by atoms with E-state index in [0.29, 0.717) is 37.4 Å². The molecule has 0 spiro atoms. The topological polar surface area (TPSA) is 96.2 Å². The maximum atomic E-state index is 13.1. The minimum Gasteiger partial charge on any atom is -0.339 e. The van der Waals surface area contributed by atoms with Crippen molar-refractivity contribution in [3.63, 3.8) is 0 Å². The van der Waals surface area contributed by atoms with Gasteiger partial charge in [-0.3, -0.25) is 14.5 Å². The number of carbonyl (C=O) groups is 2. The summed E-state index contributed by atoms with van der Waals surface area (Å²) in [4.78, 5) is 28.5. The molecule has 1 aliphatic heterocycles. The number of halogens is 3. The number of para-hydroxylation sites is 1. The summed E-state index contributed by atoms with van der Waals surface area (Å²) < 4.78 is 41.2. The zero-order valence-electron chi connectivity index (χ0n) is 18.5. The number of thioether (sulfide) groups is 1. The highest BCUT2D eigenvalue weighted by Gasteiger charge is 2.33. The minimum atomic E-state index is -4.55. The van der Waals surface area contributed by atoms with Gasteiger partial charge in [-0.05, 0) is 35.4 Å². The summed E-state index contributed by atoms with van der Waals surface area (Å²) in [6, 6.07) is 5.19. The van der Waals surface area contributed by atoms with Crippen LogP contribution in [0.4, 0.5) is 18.9 Å². The van der Waals surface area contributed by atoms with Crippen LogP contribution >= 0.6 is 11.8 Å². The van der Waals surface area contributed by atoms with Crippen LogP contribution in [0.25, 0.3) is 0 Å². The van der Waals surface area contributed by atoms with E-state index in [1.54, 1.807) is 4.90 Å². The largest absolute Gasteiger partial charge is 0.418 e. The van der Waals surface area contributed by atoms with Gasteiger partial charge in [-0.25, -0.2) is 4.68 Å². The predicted molar refractivity (Wildman–Crippen MR) is 119 cm³/mol. The Morgan fingerprint density at radius 2 is 1.79 bits per heavy atom. The summed E-state index contributed by atoms with van der Waals surface area (Å²) in [7, 11) is 0. The number of tetrazole rings is 1. The second kappa shape index (κ2) is 10.7. The number of hydrogen-bond acceptors (Lipinski definition) is 7. The normalized spacial score (nSPS) is 17.8. The molecule has 2 heterocycles. The maximum Gasteiger partial charge on any atom is 0.418 e. The number of nitrogens with zero attached hydrogens (tertiary/aromatic N) is 6. The third kappa shape index (κ3) is 6.06. The molecule has 1 aliphatic carbocycles. The zero-order valence-corrected chi connectivity index (χ0v) is 19.3. The highest BCUT2D eigenvalue weighted by molar-refractivity contribution is 7.99. The van der Waals surface area contributed by atoms with E-state index in [2.05, 4.69) is 20.8 Å². The predicted octanol–water partition coefficient (Wildman–Crippen LogP) is 2.68. The van der Waals surface area contributed by atoms with E-state index >= 15 is 0 Å². The fraction of sp³-hybridized carbons (Fsp3) is 0.571. The molecule has 184 valence electrons. The number of amides is 2. The molecule has 1 saturated heterocycles. The maximum absolute atomic E-state index is 13.1. The number of anilines is 1. The first kappa shape index (κ1) is 24.5. The molecule has 34 heavy (non-hydrogen) atoms. The Morgan fingerprint density at radius 3 is 2.50 bits per heavy atom. The summed E-state index contributed by atoms with van der Waals surface area (Å²) in [5.41, 5.74) is -1.14. The number of rotatable bonds is 7. The molecule has 0 bridgehead atoms. The molecule has 0 atom stereocenters. The van der Waals surface area contributed by atoms with Gasteiger partial charge in [0.2, 0.25) is 17.0 Å². The van der Waals surface area contributed by atoms with Crippen LogP contribution in [-0.2, 0) is 15.8 Å². The number of carbonyl (C=O) groups excluding carboxylic acids is 2. The van der Waals surface area contributed by atoms with Crippen molar-refractivity contribution in [3.05, 3.63) is 29.8 Å². The Kier molecular flexibility index (Phi) is 7.71. The Balaban J connectivity index is 1.22. The summed E-state index contributed by atoms with van der Waals surface area (Å²) in [6.45, 7) is 1.77. The van der Waals surface area contributed by atoms with E-state index in [9.17, 15) is 22.8 Å². The van der Waals surface area contributed by atoms with Crippen LogP contribution < -0.4 is 5.32 Å². The number of benzene rings is 1. The Morgan fingerprint density at radius 1 is 1.09 bits per heavy atom. The van der Waals surface area contributed by atoms with Crippen molar-refractivity contribution in [2.24, 2.45) is 0 Å². The molecule has 1 N–H and O–H groups in total. The van der Waals surface area contributed by atoms with Gasteiger partial charge in [0.15, 0.2) is 0 Å². The SMILES string of the molecule is O=C(CN1CCN(C(=O)CSc2nnnn2C2CCCC2)CC1)Nc1ccccc1C(F)(F)F. The van der Waals surface area contributed by atoms with Crippen molar-refractivity contribution in [1.82, 2.24) is 30.0 Å². The molecule has 2 aromatic rings. The first-order valence-corrected chi connectivity index (χ1v) is 12.2. The van der Waals surface area contributed by atoms with Gasteiger partial charge in [0.1, 0.15) is 0 Å². The van der Waals surface area contributed by atoms with E-state index in [1.165, 1.54) is 30.0 Å². The van der Waals surface area contributed by atoms with E-state index in [-0.39, 0.29) is 23.9 Å². The Bertz CT molecular complexity index is 1000. The lowest BCUT2D eigenvalue weighted by molar-refractivity contribution is -0.137. The van der Waals surface area contributed by atoms with Crippen LogP contribution in [0, 0.1) is 0 Å². The van der Waals surface area contributed by atoms with Crippen LogP contribution in [0.2, 0.25) is 0 Å². The van der Waals surface area contributed by atoms with Gasteiger partial charge >= 0.3 is 6.18 Å². The lowest BCUT2D eigenvalue weighted by Crippen LogP contribution is -2.51. The summed E-state index contributed by atoms with van der Waals surface area (Å²) in [6.07, 6.45) is -0.141. The molecule has 2 aliphatic rings. The molecular formula is C21H26F3N7O2S. The molecule has 1 saturated carbocycles. The van der Waals surface area contributed by atoms with Crippen molar-refractivity contribution in [2.45, 2.75) is 43.1 Å². The quantitative estimate of drug-likeness (QED) is 0.588. The van der Waals surface area contributed by atoms with E-state index in [4.69, 9.17) is 0 Å². The number of aromatic nitrogens is 4. The van der Waals surface area contributed by atoms with Crippen molar-refractivity contribution in [2.75, 3.05) is 43.8 Å². The third-order valence-electron chi connectivity index (χ3n) is 6.06. The molecule has 0 unspecified atom stereocenters. The smallest absolute Gasteiger partial charge is 0.339 e. The van der Waals surface area contributed by atoms with Crippen LogP contribution in [0.15, 0.2) is 29.4 Å². The molecule has 2 amide bonds. The number of hydrogen-bond donors (Lipinski definition) is 1. The Labute approximate surface area is 199 Å². The van der Waals surface area contributed by atoms with Gasteiger partial charge in [0, 0.05) is 26.2 Å². The monoisotopic (exact) mass is 497 g/mol. The third-order valence-corrected chi connectivity index (χ3v) is 6.97. The van der Waals surface area contributed by atoms with Gasteiger partial charge < -0.3 is 10.2 Å². The average molecular weight is 498 g/mol. The van der Waals surface area contributed by atoms with E-state index < -0.39 is 17.6 Å². The summed E-state index contributed by atoms with van der Waals surface area (Å²) >= 11 is 1.32. The van der Waals surface area contributed by atoms with Gasteiger partial charge in [-0.15, -0.1) is 5.10 Å². The molecule has 9 nitrogen and oxygen atoms in total. The highest BCUT2D eigenvalue weighted by Crippen LogP contribution is 2.34. The fourth-order valence-corrected chi connectivity index (χ4v) is 5.11. The lowest BCUT2D eigenvalue weighted by Gasteiger charge is -2.34. The van der Waals surface area contributed by atoms with Gasteiger partial charge in [0.25, 0.3) is 0 Å². The summed E-state index contributed by atoms with van der Waals surface area (Å²) in [5, 5.41) is 14.9. The molecule has 2 fully saturated rings. The average Bonchev–Trinajstić information content (AvgIpc) is 3.49. The molecule has 0 radical (unpaired) electrons. The van der Waals surface area contributed by atoms with Crippen LogP contribution in [0.5, 0.6) is 0 Å². The van der Waals surface area contributed by atoms with E-state index in [0.717, 1.165) is 31.7 Å². The molecule has 1 aromatic carbocycles. The van der Waals surface area contributed by atoms with E-state index in [1.807, 2.05) is 9.58 Å². The molecule has 13 heteroatoms. The fourth-order valence-electron chi connectivity index (χ4n) is 4.26.